The molecule has 4 aromatic rings. The lowest BCUT2D eigenvalue weighted by molar-refractivity contribution is -0.685. The highest BCUT2D eigenvalue weighted by Gasteiger charge is 2.23. The molecule has 4 rings (SSSR count). The molecule has 4 heteroatoms. The molecule has 0 amide bonds. The molecule has 0 aliphatic heterocycles. The van der Waals surface area contributed by atoms with Crippen molar-refractivity contribution in [3.05, 3.63) is 78.1 Å². The Morgan fingerprint density at radius 2 is 1.93 bits per heavy atom. The predicted octanol–water partition coefficient (Wildman–Crippen LogP) is 4.15. The fourth-order valence-electron chi connectivity index (χ4n) is 3.37. The number of aromatic amines is 1. The maximum Gasteiger partial charge on any atom is 0.278 e. The summed E-state index contributed by atoms with van der Waals surface area (Å²) in [6, 6.07) is 17.5. The fourth-order valence-corrected chi connectivity index (χ4v) is 3.37. The molecular formula is C24H19N2O2+. The highest BCUT2D eigenvalue weighted by Crippen LogP contribution is 2.26. The summed E-state index contributed by atoms with van der Waals surface area (Å²) in [5.41, 5.74) is 3.25. The van der Waals surface area contributed by atoms with Gasteiger partial charge in [0, 0.05) is 22.4 Å². The van der Waals surface area contributed by atoms with Gasteiger partial charge in [-0.3, -0.25) is 4.79 Å². The van der Waals surface area contributed by atoms with Crippen molar-refractivity contribution in [3.63, 3.8) is 0 Å². The first-order valence-corrected chi connectivity index (χ1v) is 8.94. The van der Waals surface area contributed by atoms with Crippen LogP contribution >= 0.6 is 0 Å². The van der Waals surface area contributed by atoms with Gasteiger partial charge in [0.15, 0.2) is 6.20 Å². The Hall–Kier alpha value is -3.84. The number of terminal acetylenes is 1. The van der Waals surface area contributed by atoms with Crippen LogP contribution in [-0.4, -0.2) is 17.9 Å². The largest absolute Gasteiger partial charge is 0.497 e. The maximum atomic E-state index is 13.1. The maximum absolute atomic E-state index is 13.1. The first-order valence-electron chi connectivity index (χ1n) is 8.94. The van der Waals surface area contributed by atoms with E-state index in [0.29, 0.717) is 12.2 Å². The van der Waals surface area contributed by atoms with Gasteiger partial charge in [0.25, 0.3) is 11.5 Å². The average Bonchev–Trinajstić information content (AvgIpc) is 3.11. The smallest absolute Gasteiger partial charge is 0.278 e. The summed E-state index contributed by atoms with van der Waals surface area (Å²) in [4.78, 5) is 16.5. The first kappa shape index (κ1) is 17.6. The summed E-state index contributed by atoms with van der Waals surface area (Å²) in [5.74, 6) is 3.29. The van der Waals surface area contributed by atoms with Gasteiger partial charge in [0.2, 0.25) is 6.54 Å². The van der Waals surface area contributed by atoms with Crippen molar-refractivity contribution in [2.45, 2.75) is 6.54 Å². The molecule has 0 spiro atoms. The number of nitrogens with one attached hydrogen (secondary N) is 1. The summed E-state index contributed by atoms with van der Waals surface area (Å²) in [5, 5.41) is 2.09. The van der Waals surface area contributed by atoms with Crippen LogP contribution in [-0.2, 0) is 6.54 Å². The number of rotatable bonds is 5. The van der Waals surface area contributed by atoms with E-state index in [-0.39, 0.29) is 5.78 Å². The van der Waals surface area contributed by atoms with Crippen LogP contribution in [0, 0.1) is 12.3 Å². The van der Waals surface area contributed by atoms with E-state index in [0.717, 1.165) is 33.1 Å². The highest BCUT2D eigenvalue weighted by atomic mass is 16.5. The molecule has 28 heavy (non-hydrogen) atoms. The fraction of sp³-hybridized carbons (Fsp3) is 0.0833. The number of hydrogen-bond donors (Lipinski definition) is 1. The van der Waals surface area contributed by atoms with E-state index < -0.39 is 0 Å². The quantitative estimate of drug-likeness (QED) is 0.249. The second-order valence-corrected chi connectivity index (χ2v) is 6.43. The van der Waals surface area contributed by atoms with Crippen molar-refractivity contribution in [2.24, 2.45) is 0 Å². The molecule has 2 aromatic carbocycles. The number of benzene rings is 2. The summed E-state index contributed by atoms with van der Waals surface area (Å²) in [7, 11) is 1.62. The number of hydrogen-bond acceptors (Lipinski definition) is 2. The zero-order valence-electron chi connectivity index (χ0n) is 15.5. The Bertz CT molecular complexity index is 1240. The van der Waals surface area contributed by atoms with Crippen molar-refractivity contribution in [1.29, 1.82) is 0 Å². The topological polar surface area (TPSA) is 46.0 Å². The minimum Gasteiger partial charge on any atom is -0.497 e. The van der Waals surface area contributed by atoms with Crippen molar-refractivity contribution in [1.82, 2.24) is 4.98 Å². The van der Waals surface area contributed by atoms with Crippen molar-refractivity contribution >= 4 is 33.7 Å². The van der Waals surface area contributed by atoms with E-state index in [1.54, 1.807) is 23.8 Å². The van der Waals surface area contributed by atoms with Gasteiger partial charge in [-0.15, -0.1) is 6.42 Å². The molecule has 0 unspecified atom stereocenters. The van der Waals surface area contributed by atoms with Gasteiger partial charge in [-0.25, -0.2) is 0 Å². The minimum absolute atomic E-state index is 0.108. The molecule has 0 saturated heterocycles. The third kappa shape index (κ3) is 3.15. The number of carbonyl (C=O) groups is 1. The Balaban J connectivity index is 1.80. The number of fused-ring (bicyclic) bond motifs is 3. The van der Waals surface area contributed by atoms with E-state index in [9.17, 15) is 4.79 Å². The van der Waals surface area contributed by atoms with Crippen LogP contribution in [0.1, 0.15) is 16.1 Å². The van der Waals surface area contributed by atoms with Gasteiger partial charge in [-0.1, -0.05) is 36.4 Å². The third-order valence-corrected chi connectivity index (χ3v) is 4.73. The minimum atomic E-state index is -0.108. The van der Waals surface area contributed by atoms with E-state index >= 15 is 0 Å². The monoisotopic (exact) mass is 367 g/mol. The number of aromatic nitrogens is 2. The number of methoxy groups -OCH3 is 1. The molecule has 0 aliphatic carbocycles. The number of para-hydroxylation sites is 1. The predicted molar refractivity (Wildman–Crippen MR) is 111 cm³/mol. The van der Waals surface area contributed by atoms with Crippen LogP contribution in [0.5, 0.6) is 5.75 Å². The summed E-state index contributed by atoms with van der Waals surface area (Å²) in [6.07, 6.45) is 10.8. The molecule has 0 fully saturated rings. The second kappa shape index (κ2) is 7.42. The third-order valence-electron chi connectivity index (χ3n) is 4.73. The second-order valence-electron chi connectivity index (χ2n) is 6.43. The van der Waals surface area contributed by atoms with Crippen LogP contribution in [0.4, 0.5) is 0 Å². The van der Waals surface area contributed by atoms with Crippen LogP contribution in [0.25, 0.3) is 27.9 Å². The zero-order chi connectivity index (χ0) is 19.5. The van der Waals surface area contributed by atoms with Gasteiger partial charge in [-0.2, -0.15) is 4.57 Å². The van der Waals surface area contributed by atoms with E-state index in [2.05, 4.69) is 10.9 Å². The summed E-state index contributed by atoms with van der Waals surface area (Å²) < 4.78 is 6.97. The van der Waals surface area contributed by atoms with Gasteiger partial charge in [0.05, 0.1) is 7.11 Å². The highest BCUT2D eigenvalue weighted by molar-refractivity contribution is 6.16. The lowest BCUT2D eigenvalue weighted by atomic mass is 10.1. The number of ether oxygens (including phenoxy) is 1. The van der Waals surface area contributed by atoms with Gasteiger partial charge in [-0.05, 0) is 35.8 Å². The number of H-pyrrole nitrogens is 1. The normalized spacial score (nSPS) is 11.1. The first-order chi connectivity index (χ1) is 13.7. The molecule has 2 heterocycles. The number of nitrogens with zero attached hydrogens (tertiary/aromatic N) is 1. The van der Waals surface area contributed by atoms with Crippen molar-refractivity contribution in [2.75, 3.05) is 7.11 Å². The zero-order valence-corrected chi connectivity index (χ0v) is 15.5. The molecule has 0 bridgehead atoms. The molecule has 0 radical (unpaired) electrons. The molecule has 1 N–H and O–H groups in total. The van der Waals surface area contributed by atoms with E-state index in [4.69, 9.17) is 11.2 Å². The Morgan fingerprint density at radius 3 is 2.68 bits per heavy atom. The van der Waals surface area contributed by atoms with Crippen LogP contribution in [0.15, 0.2) is 66.9 Å². The van der Waals surface area contributed by atoms with Crippen LogP contribution in [0.3, 0.4) is 0 Å². The Morgan fingerprint density at radius 1 is 1.14 bits per heavy atom. The van der Waals surface area contributed by atoms with E-state index in [1.807, 2.05) is 60.8 Å². The molecule has 136 valence electrons. The summed E-state index contributed by atoms with van der Waals surface area (Å²) >= 11 is 0. The molecular weight excluding hydrogens is 348 g/mol. The van der Waals surface area contributed by atoms with Gasteiger partial charge in [0.1, 0.15) is 11.3 Å². The standard InChI is InChI=1S/C24H18N2O2/c1-3-15-26-16-14-20-19-6-4-5-7-21(19)25-23(20)24(26)22(27)13-10-17-8-11-18(28-2)12-9-17/h1,4-14,16H,15H2,2H3/p+1/b13-10+. The molecule has 0 atom stereocenters. The van der Waals surface area contributed by atoms with Crippen LogP contribution in [0.2, 0.25) is 0 Å². The molecule has 2 aromatic heterocycles. The number of carbonyl (C=O) groups excluding carboxylic acids is 1. The molecule has 0 saturated carbocycles. The number of allylic oxidation sites excluding steroid dienone is 1. The number of pyridine rings is 1. The summed E-state index contributed by atoms with van der Waals surface area (Å²) in [6.45, 7) is 0.322. The van der Waals surface area contributed by atoms with Crippen molar-refractivity contribution in [3.8, 4) is 18.1 Å². The lowest BCUT2D eigenvalue weighted by Crippen LogP contribution is -2.39. The average molecular weight is 367 g/mol. The molecule has 4 nitrogen and oxygen atoms in total. The Labute approximate surface area is 163 Å². The molecule has 0 aliphatic rings. The van der Waals surface area contributed by atoms with E-state index in [1.165, 1.54) is 0 Å². The SMILES string of the molecule is C#CC[n+]1ccc2c([nH]c3ccccc32)c1C(=O)/C=C/c1ccc(OC)cc1. The Kier molecular flexibility index (Phi) is 4.65. The number of ketones is 1. The van der Waals surface area contributed by atoms with Crippen molar-refractivity contribution < 1.29 is 14.1 Å². The van der Waals surface area contributed by atoms with Crippen LogP contribution < -0.4 is 9.30 Å². The lowest BCUT2D eigenvalue weighted by Gasteiger charge is -2.01. The van der Waals surface area contributed by atoms with Gasteiger partial charge < -0.3 is 9.72 Å². The van der Waals surface area contributed by atoms with Gasteiger partial charge >= 0.3 is 0 Å².